The van der Waals surface area contributed by atoms with Gasteiger partial charge in [-0.15, -0.1) is 0 Å². The van der Waals surface area contributed by atoms with E-state index in [1.54, 1.807) is 0 Å². The van der Waals surface area contributed by atoms with E-state index in [9.17, 15) is 4.79 Å². The fourth-order valence-corrected chi connectivity index (χ4v) is 1.70. The van der Waals surface area contributed by atoms with Gasteiger partial charge >= 0.3 is 0 Å². The average molecular weight is 224 g/mol. The number of rotatable bonds is 11. The van der Waals surface area contributed by atoms with E-state index < -0.39 is 0 Å². The van der Waals surface area contributed by atoms with Crippen molar-refractivity contribution < 1.29 is 4.79 Å². The fraction of sp³-hybridized carbons (Fsp3) is 0.800. The molecule has 0 saturated heterocycles. The van der Waals surface area contributed by atoms with Crippen LogP contribution in [0.3, 0.4) is 0 Å². The largest absolute Gasteiger partial charge is 0.299 e. The van der Waals surface area contributed by atoms with Gasteiger partial charge in [-0.2, -0.15) is 0 Å². The summed E-state index contributed by atoms with van der Waals surface area (Å²) in [4.78, 5) is 11.0. The molecule has 0 aromatic carbocycles. The lowest BCUT2D eigenvalue weighted by Crippen LogP contribution is -1.90. The highest BCUT2D eigenvalue weighted by Gasteiger charge is 1.92. The molecular weight excluding hydrogens is 196 g/mol. The predicted molar refractivity (Wildman–Crippen MR) is 71.7 cm³/mol. The molecule has 0 atom stereocenters. The maximum absolute atomic E-state index is 11.0. The van der Waals surface area contributed by atoms with Crippen LogP contribution in [-0.2, 0) is 4.79 Å². The van der Waals surface area contributed by atoms with Crippen molar-refractivity contribution in [3.8, 4) is 0 Å². The summed E-state index contributed by atoms with van der Waals surface area (Å²) >= 11 is 0. The lowest BCUT2D eigenvalue weighted by atomic mass is 10.1. The van der Waals surface area contributed by atoms with Gasteiger partial charge in [-0.3, -0.25) is 4.79 Å². The number of Topliss-reactive ketones (excluding diaryl/α,β-unsaturated/α-hetero) is 1. The summed E-state index contributed by atoms with van der Waals surface area (Å²) in [5.74, 6) is 0.343. The second kappa shape index (κ2) is 12.5. The third-order valence-electron chi connectivity index (χ3n) is 2.88. The van der Waals surface area contributed by atoms with Crippen LogP contribution in [0.25, 0.3) is 0 Å². The Morgan fingerprint density at radius 1 is 0.875 bits per heavy atom. The van der Waals surface area contributed by atoms with Crippen molar-refractivity contribution in [2.75, 3.05) is 0 Å². The molecule has 0 radical (unpaired) electrons. The van der Waals surface area contributed by atoms with Gasteiger partial charge < -0.3 is 0 Å². The number of allylic oxidation sites excluding steroid dienone is 2. The highest BCUT2D eigenvalue weighted by Crippen LogP contribution is 2.08. The highest BCUT2D eigenvalue weighted by atomic mass is 16.1. The van der Waals surface area contributed by atoms with Gasteiger partial charge in [0.1, 0.15) is 5.78 Å². The predicted octanol–water partition coefficient (Wildman–Crippen LogP) is 5.05. The number of hydrogen-bond donors (Lipinski definition) is 0. The first-order valence-electron chi connectivity index (χ1n) is 6.98. The Balaban J connectivity index is 3.11. The Bertz CT molecular complexity index is 182. The molecular formula is C15H28O. The molecule has 0 fully saturated rings. The van der Waals surface area contributed by atoms with Gasteiger partial charge in [0.2, 0.25) is 0 Å². The third-order valence-corrected chi connectivity index (χ3v) is 2.88. The quantitative estimate of drug-likeness (QED) is 0.354. The van der Waals surface area contributed by atoms with Crippen molar-refractivity contribution in [2.24, 2.45) is 0 Å². The van der Waals surface area contributed by atoms with Crippen LogP contribution < -0.4 is 0 Å². The fourth-order valence-electron chi connectivity index (χ4n) is 1.70. The number of carbonyl (C=O) groups is 1. The zero-order valence-corrected chi connectivity index (χ0v) is 11.1. The van der Waals surface area contributed by atoms with Gasteiger partial charge in [0.25, 0.3) is 0 Å². The average Bonchev–Trinajstić information content (AvgIpc) is 2.31. The summed E-state index contributed by atoms with van der Waals surface area (Å²) < 4.78 is 0. The van der Waals surface area contributed by atoms with Crippen molar-refractivity contribution in [3.05, 3.63) is 12.2 Å². The number of unbranched alkanes of at least 4 members (excludes halogenated alkanes) is 7. The lowest BCUT2D eigenvalue weighted by molar-refractivity contribution is -0.117. The second-order valence-corrected chi connectivity index (χ2v) is 4.48. The number of ketones is 1. The minimum atomic E-state index is 0.343. The SMILES string of the molecule is CCCCCCCCC/C=C/CC(=O)CC. The van der Waals surface area contributed by atoms with Gasteiger partial charge in [0.05, 0.1) is 0 Å². The molecule has 1 heteroatoms. The molecule has 0 rings (SSSR count). The third kappa shape index (κ3) is 11.5. The number of hydrogen-bond acceptors (Lipinski definition) is 1. The summed E-state index contributed by atoms with van der Waals surface area (Å²) in [7, 11) is 0. The number of carbonyl (C=O) groups excluding carboxylic acids is 1. The molecule has 0 aliphatic heterocycles. The zero-order chi connectivity index (χ0) is 12.1. The molecule has 0 N–H and O–H groups in total. The van der Waals surface area contributed by atoms with Crippen LogP contribution in [0.1, 0.15) is 78.1 Å². The smallest absolute Gasteiger partial charge is 0.136 e. The Hall–Kier alpha value is -0.590. The summed E-state index contributed by atoms with van der Waals surface area (Å²) in [5, 5.41) is 0. The minimum Gasteiger partial charge on any atom is -0.299 e. The molecule has 1 nitrogen and oxygen atoms in total. The summed E-state index contributed by atoms with van der Waals surface area (Å²) in [6.45, 7) is 4.18. The minimum absolute atomic E-state index is 0.343. The van der Waals surface area contributed by atoms with Crippen molar-refractivity contribution >= 4 is 5.78 Å². The van der Waals surface area contributed by atoms with Gasteiger partial charge in [-0.1, -0.05) is 64.5 Å². The van der Waals surface area contributed by atoms with E-state index in [1.807, 2.05) is 13.0 Å². The van der Waals surface area contributed by atoms with Gasteiger partial charge in [-0.05, 0) is 12.8 Å². The molecule has 0 aliphatic rings. The summed E-state index contributed by atoms with van der Waals surface area (Å²) in [6, 6.07) is 0. The molecule has 16 heavy (non-hydrogen) atoms. The summed E-state index contributed by atoms with van der Waals surface area (Å²) in [6.07, 6.45) is 16.2. The van der Waals surface area contributed by atoms with E-state index in [1.165, 1.54) is 44.9 Å². The molecule has 0 aromatic rings. The maximum Gasteiger partial charge on any atom is 0.136 e. The van der Waals surface area contributed by atoms with Crippen LogP contribution in [0.5, 0.6) is 0 Å². The van der Waals surface area contributed by atoms with Gasteiger partial charge in [0, 0.05) is 12.8 Å². The van der Waals surface area contributed by atoms with E-state index >= 15 is 0 Å². The molecule has 0 spiro atoms. The van der Waals surface area contributed by atoms with Crippen molar-refractivity contribution in [1.82, 2.24) is 0 Å². The standard InChI is InChI=1S/C15H28O/c1-3-5-6-7-8-9-10-11-12-13-14-15(16)4-2/h12-13H,3-11,14H2,1-2H3/b13-12+. The van der Waals surface area contributed by atoms with Crippen LogP contribution in [0, 0.1) is 0 Å². The monoisotopic (exact) mass is 224 g/mol. The van der Waals surface area contributed by atoms with E-state index in [0.717, 1.165) is 6.42 Å². The molecule has 94 valence electrons. The van der Waals surface area contributed by atoms with Gasteiger partial charge in [0.15, 0.2) is 0 Å². The van der Waals surface area contributed by atoms with Crippen molar-refractivity contribution in [3.63, 3.8) is 0 Å². The Kier molecular flexibility index (Phi) is 12.0. The molecule has 0 saturated carbocycles. The van der Waals surface area contributed by atoms with Crippen molar-refractivity contribution in [1.29, 1.82) is 0 Å². The maximum atomic E-state index is 11.0. The van der Waals surface area contributed by atoms with E-state index in [0.29, 0.717) is 18.6 Å². The first-order valence-corrected chi connectivity index (χ1v) is 6.98. The van der Waals surface area contributed by atoms with Crippen LogP contribution in [0.15, 0.2) is 12.2 Å². The highest BCUT2D eigenvalue weighted by molar-refractivity contribution is 5.79. The first-order chi connectivity index (χ1) is 7.81. The van der Waals surface area contributed by atoms with Crippen LogP contribution in [0.4, 0.5) is 0 Å². The van der Waals surface area contributed by atoms with Crippen LogP contribution >= 0.6 is 0 Å². The molecule has 0 amide bonds. The zero-order valence-electron chi connectivity index (χ0n) is 11.1. The van der Waals surface area contributed by atoms with E-state index in [2.05, 4.69) is 13.0 Å². The molecule has 0 heterocycles. The van der Waals surface area contributed by atoms with Crippen LogP contribution in [-0.4, -0.2) is 5.78 Å². The van der Waals surface area contributed by atoms with Gasteiger partial charge in [-0.25, -0.2) is 0 Å². The second-order valence-electron chi connectivity index (χ2n) is 4.48. The Morgan fingerprint density at radius 2 is 1.50 bits per heavy atom. The topological polar surface area (TPSA) is 17.1 Å². The summed E-state index contributed by atoms with van der Waals surface area (Å²) in [5.41, 5.74) is 0. The molecule has 0 aliphatic carbocycles. The van der Waals surface area contributed by atoms with E-state index in [-0.39, 0.29) is 0 Å². The van der Waals surface area contributed by atoms with Crippen LogP contribution in [0.2, 0.25) is 0 Å². The Morgan fingerprint density at radius 3 is 2.12 bits per heavy atom. The Labute approximate surface area is 101 Å². The first kappa shape index (κ1) is 15.4. The lowest BCUT2D eigenvalue weighted by Gasteiger charge is -1.98. The van der Waals surface area contributed by atoms with E-state index in [4.69, 9.17) is 0 Å². The molecule has 0 aromatic heterocycles. The molecule has 0 unspecified atom stereocenters. The van der Waals surface area contributed by atoms with Crippen molar-refractivity contribution in [2.45, 2.75) is 78.1 Å². The molecule has 0 bridgehead atoms. The normalized spacial score (nSPS) is 11.1.